The van der Waals surface area contributed by atoms with Gasteiger partial charge < -0.3 is 20.7 Å². The number of amides is 3. The molecule has 0 unspecified atom stereocenters. The zero-order valence-corrected chi connectivity index (χ0v) is 30.1. The van der Waals surface area contributed by atoms with Gasteiger partial charge in [0.1, 0.15) is 34.4 Å². The summed E-state index contributed by atoms with van der Waals surface area (Å²) < 4.78 is 49.1. The summed E-state index contributed by atoms with van der Waals surface area (Å²) in [5.41, 5.74) is 4.47. The zero-order valence-electron chi connectivity index (χ0n) is 29.3. The molecule has 8 rings (SSSR count). The number of hydrogen-bond acceptors (Lipinski definition) is 7. The molecule has 4 heterocycles. The first kappa shape index (κ1) is 34.7. The third-order valence-electron chi connectivity index (χ3n) is 11.9. The van der Waals surface area contributed by atoms with Crippen LogP contribution in [0.5, 0.6) is 5.75 Å². The summed E-state index contributed by atoms with van der Waals surface area (Å²) in [7, 11) is -3.96. The van der Waals surface area contributed by atoms with Gasteiger partial charge in [-0.1, -0.05) is 48.9 Å². The largest absolute Gasteiger partial charge is 0.483 e. The molecule has 3 fully saturated rings. The second-order valence-corrected chi connectivity index (χ2v) is 17.9. The fourth-order valence-corrected chi connectivity index (χ4v) is 9.57. The fourth-order valence-electron chi connectivity index (χ4n) is 8.26. The van der Waals surface area contributed by atoms with E-state index in [0.29, 0.717) is 49.1 Å². The Kier molecular flexibility index (Phi) is 8.44. The molecular weight excluding hydrogens is 686 g/mol. The topological polar surface area (TPSA) is 162 Å². The molecule has 5 atom stereocenters. The van der Waals surface area contributed by atoms with E-state index in [-0.39, 0.29) is 25.3 Å². The molecule has 2 aromatic carbocycles. The molecule has 3 amide bonds. The lowest BCUT2D eigenvalue weighted by Crippen LogP contribution is -2.69. The number of carbonyl (C=O) groups is 3. The lowest BCUT2D eigenvalue weighted by Gasteiger charge is -2.37. The SMILES string of the molecule is CC1(S(=O)(=O)NC(=O)[C@@]23C[C@H]2/C=C\CCCCC[C@H]([NH3+])C(=O)N2C[C@@]4(CCc5c(c(-c6cccc(F)c6)nc6ccccc56)O4)C[C@H]2C(=O)N3)CC1. The number of aryl methyl sites for hydroxylation is 1. The number of rotatable bonds is 4. The summed E-state index contributed by atoms with van der Waals surface area (Å²) in [5, 5.41) is 3.88. The standard InChI is InChI=1S/C39H44FN5O6S/c1-37(18-19-37)52(49,50)44-36(48)39-21-25(39)11-5-3-2-4-6-14-29(41)35(47)45-23-38(22-31(45)34(46)43-39)17-16-28-27-13-7-8-15-30(27)42-32(33(28)51-38)24-10-9-12-26(40)20-24/h5,7-13,15,20,25,29,31H,2-4,6,14,16-19,21-23,41H2,1H3,(H,43,46)(H,44,48)/p+1/b11-5-/t25-,29+,31+,38-,39-/m1/s1. The molecule has 274 valence electrons. The monoisotopic (exact) mass is 730 g/mol. The molecule has 2 saturated carbocycles. The van der Waals surface area contributed by atoms with E-state index in [1.807, 2.05) is 36.4 Å². The number of benzene rings is 2. The van der Waals surface area contributed by atoms with Crippen molar-refractivity contribution in [1.82, 2.24) is 19.9 Å². The van der Waals surface area contributed by atoms with Crippen LogP contribution in [0.25, 0.3) is 22.2 Å². The molecule has 3 aromatic rings. The maximum atomic E-state index is 14.5. The van der Waals surface area contributed by atoms with Gasteiger partial charge in [-0.05, 0) is 76.5 Å². The van der Waals surface area contributed by atoms with Crippen molar-refractivity contribution in [3.05, 3.63) is 72.1 Å². The van der Waals surface area contributed by atoms with Crippen LogP contribution in [0.1, 0.15) is 76.7 Å². The Bertz CT molecular complexity index is 2120. The first-order valence-electron chi connectivity index (χ1n) is 18.4. The Balaban J connectivity index is 1.15. The van der Waals surface area contributed by atoms with Crippen LogP contribution in [-0.4, -0.2) is 70.5 Å². The van der Waals surface area contributed by atoms with E-state index in [0.717, 1.165) is 42.1 Å². The van der Waals surface area contributed by atoms with Gasteiger partial charge in [0.15, 0.2) is 6.04 Å². The molecule has 2 aliphatic carbocycles. The van der Waals surface area contributed by atoms with Crippen LogP contribution in [-0.2, 0) is 30.8 Å². The number of para-hydroxylation sites is 1. The second-order valence-electron chi connectivity index (χ2n) is 15.7. The number of fused-ring (bicyclic) bond motifs is 5. The van der Waals surface area contributed by atoms with E-state index in [2.05, 4.69) is 15.8 Å². The number of pyridine rings is 1. The van der Waals surface area contributed by atoms with Crippen LogP contribution >= 0.6 is 0 Å². The van der Waals surface area contributed by atoms with Gasteiger partial charge >= 0.3 is 0 Å². The molecule has 1 aromatic heterocycles. The smallest absolute Gasteiger partial charge is 0.281 e. The third kappa shape index (κ3) is 6.05. The Hall–Kier alpha value is -4.36. The number of carbonyl (C=O) groups excluding carboxylic acids is 3. The summed E-state index contributed by atoms with van der Waals surface area (Å²) in [6.07, 6.45) is 10.2. The molecule has 52 heavy (non-hydrogen) atoms. The number of quaternary nitrogens is 1. The normalized spacial score (nSPS) is 30.5. The molecule has 0 bridgehead atoms. The second kappa shape index (κ2) is 12.6. The van der Waals surface area contributed by atoms with Crippen molar-refractivity contribution in [2.24, 2.45) is 5.92 Å². The van der Waals surface area contributed by atoms with Crippen LogP contribution in [0.4, 0.5) is 4.39 Å². The summed E-state index contributed by atoms with van der Waals surface area (Å²) in [6.45, 7) is 1.72. The quantitative estimate of drug-likeness (QED) is 0.345. The third-order valence-corrected chi connectivity index (χ3v) is 14.1. The average molecular weight is 731 g/mol. The van der Waals surface area contributed by atoms with Gasteiger partial charge in [0.2, 0.25) is 15.9 Å². The summed E-state index contributed by atoms with van der Waals surface area (Å²) in [4.78, 5) is 49.0. The fraction of sp³-hybridized carbons (Fsp3) is 0.487. The van der Waals surface area contributed by atoms with E-state index < -0.39 is 61.5 Å². The van der Waals surface area contributed by atoms with E-state index in [4.69, 9.17) is 9.72 Å². The van der Waals surface area contributed by atoms with E-state index >= 15 is 0 Å². The molecule has 13 heteroatoms. The minimum Gasteiger partial charge on any atom is -0.483 e. The number of nitrogens with one attached hydrogen (secondary N) is 2. The van der Waals surface area contributed by atoms with Gasteiger partial charge in [-0.25, -0.2) is 17.8 Å². The van der Waals surface area contributed by atoms with E-state index in [1.54, 1.807) is 24.0 Å². The summed E-state index contributed by atoms with van der Waals surface area (Å²) in [5.74, 6) is -1.86. The lowest BCUT2D eigenvalue weighted by atomic mass is 9.86. The van der Waals surface area contributed by atoms with Crippen molar-refractivity contribution < 1.29 is 37.7 Å². The van der Waals surface area contributed by atoms with Crippen LogP contribution in [0.2, 0.25) is 0 Å². The number of sulfonamides is 1. The van der Waals surface area contributed by atoms with Gasteiger partial charge in [-0.3, -0.25) is 19.1 Å². The highest BCUT2D eigenvalue weighted by molar-refractivity contribution is 7.91. The predicted octanol–water partition coefficient (Wildman–Crippen LogP) is 3.71. The van der Waals surface area contributed by atoms with Gasteiger partial charge in [0.05, 0.1) is 16.8 Å². The van der Waals surface area contributed by atoms with E-state index in [1.165, 1.54) is 12.1 Å². The van der Waals surface area contributed by atoms with Crippen molar-refractivity contribution in [2.75, 3.05) is 6.54 Å². The van der Waals surface area contributed by atoms with Crippen LogP contribution in [0, 0.1) is 11.7 Å². The molecule has 5 aliphatic rings. The highest BCUT2D eigenvalue weighted by Crippen LogP contribution is 2.50. The summed E-state index contributed by atoms with van der Waals surface area (Å²) >= 11 is 0. The van der Waals surface area contributed by atoms with Crippen molar-refractivity contribution in [1.29, 1.82) is 0 Å². The molecule has 1 saturated heterocycles. The van der Waals surface area contributed by atoms with E-state index in [9.17, 15) is 27.2 Å². The van der Waals surface area contributed by atoms with Crippen LogP contribution in [0.15, 0.2) is 60.7 Å². The maximum Gasteiger partial charge on any atom is 0.281 e. The van der Waals surface area contributed by atoms with Gasteiger partial charge in [0.25, 0.3) is 11.8 Å². The molecule has 5 N–H and O–H groups in total. The Morgan fingerprint density at radius 1 is 1.08 bits per heavy atom. The number of aromatic nitrogens is 1. The van der Waals surface area contributed by atoms with Gasteiger partial charge in [-0.2, -0.15) is 0 Å². The van der Waals surface area contributed by atoms with Crippen molar-refractivity contribution >= 4 is 38.6 Å². The first-order valence-corrected chi connectivity index (χ1v) is 19.9. The highest BCUT2D eigenvalue weighted by atomic mass is 32.2. The average Bonchev–Trinajstić information content (AvgIpc) is 4.01. The van der Waals surface area contributed by atoms with Gasteiger partial charge in [-0.15, -0.1) is 0 Å². The molecule has 0 radical (unpaired) electrons. The number of ether oxygens (including phenoxy) is 1. The van der Waals surface area contributed by atoms with Crippen molar-refractivity contribution in [3.8, 4) is 17.0 Å². The molecule has 3 aliphatic heterocycles. The Labute approximate surface area is 302 Å². The number of halogens is 1. The number of nitrogens with zero attached hydrogens (tertiary/aromatic N) is 2. The number of hydrogen-bond donors (Lipinski definition) is 3. The van der Waals surface area contributed by atoms with Crippen LogP contribution < -0.4 is 20.5 Å². The predicted molar refractivity (Wildman–Crippen MR) is 192 cm³/mol. The lowest BCUT2D eigenvalue weighted by molar-refractivity contribution is -0.407. The molecular formula is C39H45FN5O6S+. The molecule has 1 spiro atoms. The van der Waals surface area contributed by atoms with Crippen molar-refractivity contribution in [2.45, 2.75) is 106 Å². The number of allylic oxidation sites excluding steroid dienone is 1. The minimum absolute atomic E-state index is 0.111. The maximum absolute atomic E-state index is 14.5. The molecule has 11 nitrogen and oxygen atoms in total. The summed E-state index contributed by atoms with van der Waals surface area (Å²) in [6, 6.07) is 12.3. The highest BCUT2D eigenvalue weighted by Gasteiger charge is 2.64. The van der Waals surface area contributed by atoms with Crippen LogP contribution in [0.3, 0.4) is 0 Å². The van der Waals surface area contributed by atoms with Gasteiger partial charge in [0, 0.05) is 35.3 Å². The Morgan fingerprint density at radius 3 is 2.67 bits per heavy atom. The zero-order chi connectivity index (χ0) is 36.5. The first-order chi connectivity index (χ1) is 24.8. The minimum atomic E-state index is -3.96. The van der Waals surface area contributed by atoms with Crippen molar-refractivity contribution in [3.63, 3.8) is 0 Å². The Morgan fingerprint density at radius 2 is 1.88 bits per heavy atom.